The van der Waals surface area contributed by atoms with Crippen LogP contribution in [0.3, 0.4) is 0 Å². The number of hydrogen-bond donors (Lipinski definition) is 2. The maximum Gasteiger partial charge on any atom is 0.333 e. The molecule has 0 saturated heterocycles. The molecule has 112 valence electrons. The number of esters is 2. The van der Waals surface area contributed by atoms with Gasteiger partial charge in [0.15, 0.2) is 0 Å². The minimum atomic E-state index is -1.15. The predicted octanol–water partition coefficient (Wildman–Crippen LogP) is 1.43. The fraction of sp³-hybridized carbons (Fsp3) is 0.846. The van der Waals surface area contributed by atoms with E-state index in [-0.39, 0.29) is 0 Å². The van der Waals surface area contributed by atoms with Crippen molar-refractivity contribution in [3.63, 3.8) is 0 Å². The lowest BCUT2D eigenvalue weighted by molar-refractivity contribution is -0.167. The van der Waals surface area contributed by atoms with E-state index in [1.807, 2.05) is 13.2 Å². The molecule has 2 atom stereocenters. The molecule has 0 aromatic rings. The van der Waals surface area contributed by atoms with Crippen LogP contribution in [0.4, 0.5) is 0 Å². The highest BCUT2D eigenvalue weighted by Crippen LogP contribution is 2.16. The van der Waals surface area contributed by atoms with Crippen LogP contribution >= 0.6 is 11.8 Å². The number of carbonyl (C=O) groups excluding carboxylic acids is 2. The largest absolute Gasteiger partial charge is 0.390 e. The van der Waals surface area contributed by atoms with Gasteiger partial charge < -0.3 is 16.2 Å². The summed E-state index contributed by atoms with van der Waals surface area (Å²) in [5.41, 5.74) is 9.43. The van der Waals surface area contributed by atoms with Crippen LogP contribution in [0.2, 0.25) is 0 Å². The van der Waals surface area contributed by atoms with E-state index in [9.17, 15) is 9.59 Å². The van der Waals surface area contributed by atoms with E-state index in [1.54, 1.807) is 25.6 Å². The summed E-state index contributed by atoms with van der Waals surface area (Å²) in [4.78, 5) is 23.7. The van der Waals surface area contributed by atoms with Crippen molar-refractivity contribution in [1.29, 1.82) is 0 Å². The lowest BCUT2D eigenvalue weighted by atomic mass is 9.96. The standard InChI is InChI=1S/C13H26N2O3S/c1-5-6-7-12(2,14)10(16)18-11(17)13(3,15)8-9-19-4/h5-9,14-15H2,1-4H3/t12-,13-/m0/s1. The third kappa shape index (κ3) is 6.40. The molecule has 6 heteroatoms. The van der Waals surface area contributed by atoms with Crippen LogP contribution in [-0.4, -0.2) is 35.0 Å². The zero-order chi connectivity index (χ0) is 15.1. The Bertz CT molecular complexity index is 287. The molecule has 0 bridgehead atoms. The normalized spacial score (nSPS) is 17.4. The number of rotatable bonds is 8. The summed E-state index contributed by atoms with van der Waals surface area (Å²) in [5.74, 6) is -0.682. The molecule has 0 unspecified atom stereocenters. The van der Waals surface area contributed by atoms with Crippen LogP contribution in [0.15, 0.2) is 0 Å². The van der Waals surface area contributed by atoms with Crippen LogP contribution in [0.25, 0.3) is 0 Å². The van der Waals surface area contributed by atoms with Crippen molar-refractivity contribution in [3.8, 4) is 0 Å². The van der Waals surface area contributed by atoms with Gasteiger partial charge in [0, 0.05) is 0 Å². The summed E-state index contributed by atoms with van der Waals surface area (Å²) < 4.78 is 4.84. The number of unbranched alkanes of at least 4 members (excludes halogenated alkanes) is 1. The van der Waals surface area contributed by atoms with E-state index in [4.69, 9.17) is 16.2 Å². The molecule has 0 aromatic carbocycles. The van der Waals surface area contributed by atoms with Crippen molar-refractivity contribution in [3.05, 3.63) is 0 Å². The van der Waals surface area contributed by atoms with Gasteiger partial charge in [0.25, 0.3) is 0 Å². The van der Waals surface area contributed by atoms with Gasteiger partial charge in [-0.15, -0.1) is 0 Å². The molecular formula is C13H26N2O3S. The molecule has 4 N–H and O–H groups in total. The number of thioether (sulfide) groups is 1. The minimum Gasteiger partial charge on any atom is -0.390 e. The molecule has 0 fully saturated rings. The van der Waals surface area contributed by atoms with Crippen molar-refractivity contribution in [2.45, 2.75) is 57.5 Å². The Hall–Kier alpha value is -0.590. The van der Waals surface area contributed by atoms with Gasteiger partial charge in [0.2, 0.25) is 0 Å². The molecule has 0 rings (SSSR count). The van der Waals surface area contributed by atoms with Crippen LogP contribution in [0.5, 0.6) is 0 Å². The molecule has 0 aliphatic carbocycles. The van der Waals surface area contributed by atoms with E-state index < -0.39 is 23.0 Å². The maximum absolute atomic E-state index is 11.9. The molecule has 0 aromatic heterocycles. The highest BCUT2D eigenvalue weighted by atomic mass is 32.2. The van der Waals surface area contributed by atoms with Crippen LogP contribution in [0, 0.1) is 0 Å². The third-order valence-electron chi connectivity index (χ3n) is 2.99. The molecule has 0 radical (unpaired) electrons. The first kappa shape index (κ1) is 18.4. The molecule has 5 nitrogen and oxygen atoms in total. The van der Waals surface area contributed by atoms with Gasteiger partial charge in [-0.05, 0) is 38.7 Å². The van der Waals surface area contributed by atoms with Crippen molar-refractivity contribution >= 4 is 23.7 Å². The van der Waals surface area contributed by atoms with Crippen molar-refractivity contribution in [1.82, 2.24) is 0 Å². The average molecular weight is 290 g/mol. The second kappa shape index (κ2) is 7.87. The number of ether oxygens (including phenoxy) is 1. The van der Waals surface area contributed by atoms with Crippen LogP contribution < -0.4 is 11.5 Å². The zero-order valence-electron chi connectivity index (χ0n) is 12.3. The topological polar surface area (TPSA) is 95.4 Å². The number of hydrogen-bond acceptors (Lipinski definition) is 6. The molecule has 0 saturated carbocycles. The summed E-state index contributed by atoms with van der Waals surface area (Å²) in [6.45, 7) is 5.15. The van der Waals surface area contributed by atoms with Gasteiger partial charge >= 0.3 is 11.9 Å². The Morgan fingerprint density at radius 2 is 1.58 bits per heavy atom. The average Bonchev–Trinajstić information content (AvgIpc) is 2.33. The van der Waals surface area contributed by atoms with E-state index in [1.165, 1.54) is 0 Å². The second-order valence-electron chi connectivity index (χ2n) is 5.36. The molecular weight excluding hydrogens is 264 g/mol. The molecule has 0 spiro atoms. The highest BCUT2D eigenvalue weighted by molar-refractivity contribution is 7.98. The van der Waals surface area contributed by atoms with Crippen molar-refractivity contribution < 1.29 is 14.3 Å². The Morgan fingerprint density at radius 3 is 2.00 bits per heavy atom. The van der Waals surface area contributed by atoms with E-state index in [2.05, 4.69) is 0 Å². The summed E-state index contributed by atoms with van der Waals surface area (Å²) >= 11 is 1.58. The summed E-state index contributed by atoms with van der Waals surface area (Å²) in [6.07, 6.45) is 4.60. The van der Waals surface area contributed by atoms with Gasteiger partial charge in [-0.25, -0.2) is 9.59 Å². The molecule has 0 heterocycles. The maximum atomic E-state index is 11.9. The quantitative estimate of drug-likeness (QED) is 0.519. The third-order valence-corrected chi connectivity index (χ3v) is 3.61. The smallest absolute Gasteiger partial charge is 0.333 e. The number of nitrogens with two attached hydrogens (primary N) is 2. The SMILES string of the molecule is CCCC[C@](C)(N)C(=O)OC(=O)[C@@](C)(N)CCSC. The van der Waals surface area contributed by atoms with E-state index in [0.29, 0.717) is 12.8 Å². The number of carbonyl (C=O) groups is 2. The first-order chi connectivity index (χ1) is 8.67. The van der Waals surface area contributed by atoms with Crippen molar-refractivity contribution in [2.24, 2.45) is 11.5 Å². The van der Waals surface area contributed by atoms with Gasteiger partial charge in [-0.2, -0.15) is 11.8 Å². The van der Waals surface area contributed by atoms with Crippen LogP contribution in [-0.2, 0) is 14.3 Å². The summed E-state index contributed by atoms with van der Waals surface area (Å²) in [6, 6.07) is 0. The molecule has 0 aliphatic heterocycles. The Kier molecular flexibility index (Phi) is 7.62. The fourth-order valence-electron chi connectivity index (χ4n) is 1.38. The second-order valence-corrected chi connectivity index (χ2v) is 6.34. The summed E-state index contributed by atoms with van der Waals surface area (Å²) in [7, 11) is 0. The van der Waals surface area contributed by atoms with Gasteiger partial charge in [0.05, 0.1) is 0 Å². The fourth-order valence-corrected chi connectivity index (χ4v) is 2.01. The summed E-state index contributed by atoms with van der Waals surface area (Å²) in [5, 5.41) is 0. The van der Waals surface area contributed by atoms with Crippen LogP contribution in [0.1, 0.15) is 46.5 Å². The zero-order valence-corrected chi connectivity index (χ0v) is 13.1. The predicted molar refractivity (Wildman–Crippen MR) is 78.8 cm³/mol. The lowest BCUT2D eigenvalue weighted by Gasteiger charge is -2.26. The monoisotopic (exact) mass is 290 g/mol. The minimum absolute atomic E-state index is 0.455. The Labute approximate surface area is 119 Å². The van der Waals surface area contributed by atoms with Crippen molar-refractivity contribution in [2.75, 3.05) is 12.0 Å². The van der Waals surface area contributed by atoms with Gasteiger partial charge in [-0.1, -0.05) is 19.8 Å². The Morgan fingerprint density at radius 1 is 1.11 bits per heavy atom. The van der Waals surface area contributed by atoms with Gasteiger partial charge in [-0.3, -0.25) is 0 Å². The molecule has 19 heavy (non-hydrogen) atoms. The first-order valence-corrected chi connectivity index (χ1v) is 7.90. The first-order valence-electron chi connectivity index (χ1n) is 6.50. The molecule has 0 aliphatic rings. The lowest BCUT2D eigenvalue weighted by Crippen LogP contribution is -2.52. The van der Waals surface area contributed by atoms with Gasteiger partial charge in [0.1, 0.15) is 11.1 Å². The van der Waals surface area contributed by atoms with E-state index >= 15 is 0 Å². The van der Waals surface area contributed by atoms with E-state index in [0.717, 1.165) is 18.6 Å². The Balaban J connectivity index is 4.50. The molecule has 0 amide bonds. The highest BCUT2D eigenvalue weighted by Gasteiger charge is 2.36.